The van der Waals surface area contributed by atoms with Crippen LogP contribution in [0.5, 0.6) is 0 Å². The molecule has 0 fully saturated rings. The van der Waals surface area contributed by atoms with Crippen LogP contribution >= 0.6 is 27.5 Å². The minimum atomic E-state index is -4.41. The van der Waals surface area contributed by atoms with Crippen LogP contribution in [0.4, 0.5) is 13.2 Å². The number of rotatable bonds is 3. The SMILES string of the molecule is NNC(c1cccc(C(F)(F)F)c1)c1cccc(Br)c1Cl. The van der Waals surface area contributed by atoms with Crippen molar-refractivity contribution < 1.29 is 13.2 Å². The van der Waals surface area contributed by atoms with Crippen molar-refractivity contribution in [2.45, 2.75) is 12.2 Å². The highest BCUT2D eigenvalue weighted by Crippen LogP contribution is 2.35. The van der Waals surface area contributed by atoms with Crippen molar-refractivity contribution >= 4 is 27.5 Å². The van der Waals surface area contributed by atoms with Crippen molar-refractivity contribution in [2.24, 2.45) is 5.84 Å². The fourth-order valence-corrected chi connectivity index (χ4v) is 2.62. The lowest BCUT2D eigenvalue weighted by Crippen LogP contribution is -2.29. The Hall–Kier alpha value is -1.08. The maximum absolute atomic E-state index is 12.8. The highest BCUT2D eigenvalue weighted by atomic mass is 79.9. The second-order valence-electron chi connectivity index (χ2n) is 4.37. The Morgan fingerprint density at radius 1 is 1.14 bits per heavy atom. The molecule has 3 N–H and O–H groups in total. The predicted molar refractivity (Wildman–Crippen MR) is 79.8 cm³/mol. The molecule has 0 spiro atoms. The Labute approximate surface area is 133 Å². The largest absolute Gasteiger partial charge is 0.416 e. The summed E-state index contributed by atoms with van der Waals surface area (Å²) >= 11 is 9.46. The molecule has 0 bridgehead atoms. The maximum atomic E-state index is 12.8. The number of hydrazine groups is 1. The summed E-state index contributed by atoms with van der Waals surface area (Å²) in [7, 11) is 0. The highest BCUT2D eigenvalue weighted by Gasteiger charge is 2.31. The molecule has 0 saturated carbocycles. The Morgan fingerprint density at radius 3 is 2.43 bits per heavy atom. The zero-order chi connectivity index (χ0) is 15.6. The number of nitrogens with two attached hydrogens (primary N) is 1. The van der Waals surface area contributed by atoms with Crippen LogP contribution in [0, 0.1) is 0 Å². The number of hydrogen-bond donors (Lipinski definition) is 2. The van der Waals surface area contributed by atoms with E-state index in [2.05, 4.69) is 21.4 Å². The van der Waals surface area contributed by atoms with Gasteiger partial charge >= 0.3 is 6.18 Å². The molecule has 0 aliphatic heterocycles. The van der Waals surface area contributed by atoms with Crippen LogP contribution in [0.1, 0.15) is 22.7 Å². The van der Waals surface area contributed by atoms with Crippen LogP contribution in [0.25, 0.3) is 0 Å². The van der Waals surface area contributed by atoms with Gasteiger partial charge < -0.3 is 0 Å². The van der Waals surface area contributed by atoms with Gasteiger partial charge in [0.15, 0.2) is 0 Å². The monoisotopic (exact) mass is 378 g/mol. The Bertz CT molecular complexity index is 646. The van der Waals surface area contributed by atoms with Crippen LogP contribution in [0.2, 0.25) is 5.02 Å². The standard InChI is InChI=1S/C14H11BrClF3N2/c15-11-6-2-5-10(12(11)16)13(21-20)8-3-1-4-9(7-8)14(17,18)19/h1-7,13,21H,20H2. The fourth-order valence-electron chi connectivity index (χ4n) is 2.00. The maximum Gasteiger partial charge on any atom is 0.416 e. The molecule has 0 aromatic heterocycles. The first-order chi connectivity index (χ1) is 9.84. The summed E-state index contributed by atoms with van der Waals surface area (Å²) in [6.07, 6.45) is -4.41. The first kappa shape index (κ1) is 16.3. The second-order valence-corrected chi connectivity index (χ2v) is 5.60. The van der Waals surface area contributed by atoms with Crippen molar-refractivity contribution in [3.8, 4) is 0 Å². The van der Waals surface area contributed by atoms with E-state index >= 15 is 0 Å². The molecule has 2 nitrogen and oxygen atoms in total. The quantitative estimate of drug-likeness (QED) is 0.600. The zero-order valence-corrected chi connectivity index (χ0v) is 12.9. The third-order valence-corrected chi connectivity index (χ3v) is 4.32. The molecule has 0 heterocycles. The number of alkyl halides is 3. The van der Waals surface area contributed by atoms with Crippen LogP contribution in [0.15, 0.2) is 46.9 Å². The minimum Gasteiger partial charge on any atom is -0.271 e. The van der Waals surface area contributed by atoms with Crippen LogP contribution < -0.4 is 11.3 Å². The molecule has 2 rings (SSSR count). The third kappa shape index (κ3) is 3.58. The lowest BCUT2D eigenvalue weighted by Gasteiger charge is -2.20. The molecule has 1 atom stereocenters. The number of halogens is 5. The van der Waals surface area contributed by atoms with Crippen molar-refractivity contribution in [3.63, 3.8) is 0 Å². The van der Waals surface area contributed by atoms with Gasteiger partial charge in [-0.1, -0.05) is 35.9 Å². The molecule has 21 heavy (non-hydrogen) atoms. The average molecular weight is 380 g/mol. The van der Waals surface area contributed by atoms with Crippen molar-refractivity contribution in [3.05, 3.63) is 68.7 Å². The lowest BCUT2D eigenvalue weighted by atomic mass is 9.97. The average Bonchev–Trinajstić information content (AvgIpc) is 2.44. The van der Waals surface area contributed by atoms with E-state index in [1.807, 2.05) is 0 Å². The molecule has 0 saturated heterocycles. The van der Waals surface area contributed by atoms with E-state index in [9.17, 15) is 13.2 Å². The van der Waals surface area contributed by atoms with Gasteiger partial charge in [0.2, 0.25) is 0 Å². The molecule has 0 radical (unpaired) electrons. The van der Waals surface area contributed by atoms with Gasteiger partial charge in [0.05, 0.1) is 16.6 Å². The molecule has 0 aliphatic carbocycles. The van der Waals surface area contributed by atoms with E-state index in [0.717, 1.165) is 12.1 Å². The van der Waals surface area contributed by atoms with E-state index in [0.29, 0.717) is 20.6 Å². The van der Waals surface area contributed by atoms with Crippen LogP contribution in [-0.2, 0) is 6.18 Å². The minimum absolute atomic E-state index is 0.382. The fraction of sp³-hybridized carbons (Fsp3) is 0.143. The van der Waals surface area contributed by atoms with E-state index in [1.54, 1.807) is 24.3 Å². The summed E-state index contributed by atoms with van der Waals surface area (Å²) in [5.74, 6) is 5.51. The van der Waals surface area contributed by atoms with Gasteiger partial charge in [-0.15, -0.1) is 0 Å². The highest BCUT2D eigenvalue weighted by molar-refractivity contribution is 9.10. The van der Waals surface area contributed by atoms with Crippen molar-refractivity contribution in [1.82, 2.24) is 5.43 Å². The lowest BCUT2D eigenvalue weighted by molar-refractivity contribution is -0.137. The van der Waals surface area contributed by atoms with E-state index in [1.165, 1.54) is 6.07 Å². The molecular weight excluding hydrogens is 369 g/mol. The number of benzene rings is 2. The van der Waals surface area contributed by atoms with Gasteiger partial charge in [0.25, 0.3) is 0 Å². The molecule has 7 heteroatoms. The normalized spacial score (nSPS) is 13.2. The van der Waals surface area contributed by atoms with Crippen molar-refractivity contribution in [1.29, 1.82) is 0 Å². The van der Waals surface area contributed by atoms with Gasteiger partial charge in [-0.2, -0.15) is 13.2 Å². The first-order valence-electron chi connectivity index (χ1n) is 5.91. The molecule has 112 valence electrons. The third-order valence-electron chi connectivity index (χ3n) is 3.01. The topological polar surface area (TPSA) is 38.0 Å². The van der Waals surface area contributed by atoms with Crippen molar-refractivity contribution in [2.75, 3.05) is 0 Å². The molecule has 1 unspecified atom stereocenters. The summed E-state index contributed by atoms with van der Waals surface area (Å²) in [6.45, 7) is 0. The number of nitrogens with one attached hydrogen (secondary N) is 1. The summed E-state index contributed by atoms with van der Waals surface area (Å²) in [4.78, 5) is 0. The molecule has 0 aliphatic rings. The molecule has 0 amide bonds. The molecule has 2 aromatic carbocycles. The Kier molecular flexibility index (Phi) is 4.93. The first-order valence-corrected chi connectivity index (χ1v) is 7.09. The smallest absolute Gasteiger partial charge is 0.271 e. The van der Waals surface area contributed by atoms with Gasteiger partial charge in [0, 0.05) is 4.47 Å². The van der Waals surface area contributed by atoms with Crippen LogP contribution in [-0.4, -0.2) is 0 Å². The van der Waals surface area contributed by atoms with Gasteiger partial charge in [0.1, 0.15) is 0 Å². The zero-order valence-electron chi connectivity index (χ0n) is 10.6. The predicted octanol–water partition coefficient (Wildman–Crippen LogP) is 4.67. The summed E-state index contributed by atoms with van der Waals surface area (Å²) in [5.41, 5.74) is 2.75. The van der Waals surface area contributed by atoms with Gasteiger partial charge in [-0.05, 0) is 45.3 Å². The van der Waals surface area contributed by atoms with Gasteiger partial charge in [-0.25, -0.2) is 5.43 Å². The van der Waals surface area contributed by atoms with Gasteiger partial charge in [-0.3, -0.25) is 5.84 Å². The Morgan fingerprint density at radius 2 is 1.81 bits per heavy atom. The summed E-state index contributed by atoms with van der Waals surface area (Å²) < 4.78 is 39.0. The van der Waals surface area contributed by atoms with Crippen LogP contribution in [0.3, 0.4) is 0 Å². The number of hydrogen-bond acceptors (Lipinski definition) is 2. The van der Waals surface area contributed by atoms with E-state index in [4.69, 9.17) is 17.4 Å². The Balaban J connectivity index is 2.49. The molecular formula is C14H11BrClF3N2. The molecule has 2 aromatic rings. The second kappa shape index (κ2) is 6.36. The summed E-state index contributed by atoms with van der Waals surface area (Å²) in [6, 6.07) is 9.52. The van der Waals surface area contributed by atoms with E-state index in [-0.39, 0.29) is 0 Å². The summed E-state index contributed by atoms with van der Waals surface area (Å²) in [5, 5.41) is 0.401. The van der Waals surface area contributed by atoms with E-state index < -0.39 is 17.8 Å².